The average Bonchev–Trinajstić information content (AvgIpc) is 3.19. The first kappa shape index (κ1) is 18.3. The summed E-state index contributed by atoms with van der Waals surface area (Å²) >= 11 is 0. The van der Waals surface area contributed by atoms with E-state index >= 15 is 0 Å². The van der Waals surface area contributed by atoms with Gasteiger partial charge in [0.05, 0.1) is 18.9 Å². The van der Waals surface area contributed by atoms with Crippen molar-refractivity contribution in [2.24, 2.45) is 0 Å². The third-order valence-corrected chi connectivity index (χ3v) is 3.65. The molecule has 2 aromatic heterocycles. The summed E-state index contributed by atoms with van der Waals surface area (Å²) in [6.45, 7) is 0.0242. The minimum Gasteiger partial charge on any atom is -0.467 e. The van der Waals surface area contributed by atoms with Crippen LogP contribution in [0.5, 0.6) is 6.01 Å². The number of anilines is 1. The monoisotopic (exact) mass is 374 g/mol. The zero-order valence-electron chi connectivity index (χ0n) is 14.0. The maximum absolute atomic E-state index is 12.8. The van der Waals surface area contributed by atoms with E-state index in [2.05, 4.69) is 15.3 Å². The first-order valence-corrected chi connectivity index (χ1v) is 7.72. The fourth-order valence-corrected chi connectivity index (χ4v) is 2.40. The van der Waals surface area contributed by atoms with Crippen LogP contribution in [0.25, 0.3) is 11.5 Å². The molecule has 3 rings (SSSR count). The maximum Gasteiger partial charge on any atom is 0.416 e. The number of rotatable bonds is 5. The highest BCUT2D eigenvalue weighted by molar-refractivity contribution is 5.70. The van der Waals surface area contributed by atoms with Gasteiger partial charge in [-0.3, -0.25) is 0 Å². The highest BCUT2D eigenvalue weighted by Gasteiger charge is 2.30. The number of hydrogen-bond donors (Lipinski definition) is 1. The molecule has 0 radical (unpaired) electrons. The van der Waals surface area contributed by atoms with Crippen LogP contribution in [0.15, 0.2) is 47.1 Å². The summed E-state index contributed by atoms with van der Waals surface area (Å²) in [5.74, 6) is 0.475. The van der Waals surface area contributed by atoms with Crippen molar-refractivity contribution in [2.75, 3.05) is 12.4 Å². The molecule has 0 spiro atoms. The van der Waals surface area contributed by atoms with Crippen LogP contribution in [0.2, 0.25) is 0 Å². The molecule has 0 bridgehead atoms. The smallest absolute Gasteiger partial charge is 0.416 e. The largest absolute Gasteiger partial charge is 0.467 e. The molecule has 0 unspecified atom stereocenters. The molecule has 9 heteroatoms. The SMILES string of the molecule is COc1nc(NCc2cccc(C(F)(F)F)c2)c(C#N)c(-c2ccco2)n1. The van der Waals surface area contributed by atoms with Crippen molar-refractivity contribution in [3.63, 3.8) is 0 Å². The molecule has 0 aliphatic heterocycles. The van der Waals surface area contributed by atoms with E-state index in [0.717, 1.165) is 12.1 Å². The van der Waals surface area contributed by atoms with E-state index in [1.807, 2.05) is 6.07 Å². The lowest BCUT2D eigenvalue weighted by atomic mass is 10.1. The standard InChI is InChI=1S/C18H13F3N4O2/c1-26-17-24-15(14-6-3-7-27-14)13(9-22)16(25-17)23-10-11-4-2-5-12(8-11)18(19,20)21/h2-8H,10H2,1H3,(H,23,24,25). The van der Waals surface area contributed by atoms with Crippen molar-refractivity contribution in [3.05, 3.63) is 59.4 Å². The molecule has 0 amide bonds. The number of nitrogens with zero attached hydrogens (tertiary/aromatic N) is 3. The van der Waals surface area contributed by atoms with Gasteiger partial charge in [0.2, 0.25) is 0 Å². The number of methoxy groups -OCH3 is 1. The predicted octanol–water partition coefficient (Wildman–Crippen LogP) is 4.25. The molecule has 2 heterocycles. The second kappa shape index (κ2) is 7.37. The number of nitriles is 1. The van der Waals surface area contributed by atoms with E-state index in [1.54, 1.807) is 18.2 Å². The van der Waals surface area contributed by atoms with Gasteiger partial charge in [0.15, 0.2) is 11.6 Å². The van der Waals surface area contributed by atoms with Gasteiger partial charge < -0.3 is 14.5 Å². The Kier molecular flexibility index (Phi) is 4.98. The molecule has 0 aliphatic rings. The minimum absolute atomic E-state index is 0.00746. The second-order valence-electron chi connectivity index (χ2n) is 5.42. The van der Waals surface area contributed by atoms with Crippen molar-refractivity contribution in [1.29, 1.82) is 5.26 Å². The van der Waals surface area contributed by atoms with Crippen LogP contribution < -0.4 is 10.1 Å². The Balaban J connectivity index is 1.93. The Morgan fingerprint density at radius 2 is 2.04 bits per heavy atom. The molecule has 0 atom stereocenters. The van der Waals surface area contributed by atoms with Crippen LogP contribution >= 0.6 is 0 Å². The number of benzene rings is 1. The van der Waals surface area contributed by atoms with Crippen LogP contribution in [0.1, 0.15) is 16.7 Å². The Bertz CT molecular complexity index is 979. The third kappa shape index (κ3) is 4.00. The van der Waals surface area contributed by atoms with Crippen LogP contribution in [0, 0.1) is 11.3 Å². The zero-order chi connectivity index (χ0) is 19.4. The molecule has 0 saturated heterocycles. The molecule has 1 N–H and O–H groups in total. The second-order valence-corrected chi connectivity index (χ2v) is 5.42. The molecule has 27 heavy (non-hydrogen) atoms. The average molecular weight is 374 g/mol. The molecule has 3 aromatic rings. The van der Waals surface area contributed by atoms with E-state index in [1.165, 1.54) is 19.4 Å². The zero-order valence-corrected chi connectivity index (χ0v) is 14.0. The van der Waals surface area contributed by atoms with Crippen molar-refractivity contribution >= 4 is 5.82 Å². The van der Waals surface area contributed by atoms with E-state index in [4.69, 9.17) is 9.15 Å². The summed E-state index contributed by atoms with van der Waals surface area (Å²) in [4.78, 5) is 8.22. The van der Waals surface area contributed by atoms with Gasteiger partial charge in [0.25, 0.3) is 0 Å². The molecule has 0 aliphatic carbocycles. The molecule has 138 valence electrons. The van der Waals surface area contributed by atoms with Gasteiger partial charge in [-0.15, -0.1) is 0 Å². The molecule has 0 fully saturated rings. The number of alkyl halides is 3. The Morgan fingerprint density at radius 1 is 1.22 bits per heavy atom. The number of furan rings is 1. The van der Waals surface area contributed by atoms with E-state index in [0.29, 0.717) is 11.3 Å². The van der Waals surface area contributed by atoms with E-state index in [-0.39, 0.29) is 29.6 Å². The summed E-state index contributed by atoms with van der Waals surface area (Å²) in [7, 11) is 1.36. The maximum atomic E-state index is 12.8. The lowest BCUT2D eigenvalue weighted by Gasteiger charge is -2.12. The van der Waals surface area contributed by atoms with Crippen LogP contribution in [-0.4, -0.2) is 17.1 Å². The van der Waals surface area contributed by atoms with Gasteiger partial charge in [0.1, 0.15) is 17.3 Å². The topological polar surface area (TPSA) is 84.0 Å². The highest BCUT2D eigenvalue weighted by Crippen LogP contribution is 2.31. The quantitative estimate of drug-likeness (QED) is 0.719. The van der Waals surface area contributed by atoms with E-state index < -0.39 is 11.7 Å². The normalized spacial score (nSPS) is 11.1. The summed E-state index contributed by atoms with van der Waals surface area (Å²) < 4.78 is 48.9. The molecular formula is C18H13F3N4O2. The lowest BCUT2D eigenvalue weighted by molar-refractivity contribution is -0.137. The van der Waals surface area contributed by atoms with Crippen molar-refractivity contribution in [1.82, 2.24) is 9.97 Å². The number of hydrogen-bond acceptors (Lipinski definition) is 6. The Labute approximate surface area is 152 Å². The van der Waals surface area contributed by atoms with Gasteiger partial charge >= 0.3 is 12.2 Å². The number of aromatic nitrogens is 2. The first-order chi connectivity index (χ1) is 12.9. The summed E-state index contributed by atoms with van der Waals surface area (Å²) in [5.41, 5.74) is -0.0525. The third-order valence-electron chi connectivity index (χ3n) is 3.65. The lowest BCUT2D eigenvalue weighted by Crippen LogP contribution is -2.09. The van der Waals surface area contributed by atoms with Crippen molar-refractivity contribution in [3.8, 4) is 23.5 Å². The molecular weight excluding hydrogens is 361 g/mol. The fourth-order valence-electron chi connectivity index (χ4n) is 2.40. The number of halogens is 3. The van der Waals surface area contributed by atoms with Gasteiger partial charge in [-0.25, -0.2) is 0 Å². The number of ether oxygens (including phenoxy) is 1. The predicted molar refractivity (Wildman–Crippen MR) is 89.8 cm³/mol. The highest BCUT2D eigenvalue weighted by atomic mass is 19.4. The van der Waals surface area contributed by atoms with Gasteiger partial charge in [-0.2, -0.15) is 28.4 Å². The Hall–Kier alpha value is -3.54. The van der Waals surface area contributed by atoms with Crippen molar-refractivity contribution in [2.45, 2.75) is 12.7 Å². The molecule has 6 nitrogen and oxygen atoms in total. The Morgan fingerprint density at radius 3 is 2.67 bits per heavy atom. The van der Waals surface area contributed by atoms with Crippen molar-refractivity contribution < 1.29 is 22.3 Å². The minimum atomic E-state index is -4.43. The number of nitrogens with one attached hydrogen (secondary N) is 1. The van der Waals surface area contributed by atoms with Crippen LogP contribution in [0.3, 0.4) is 0 Å². The summed E-state index contributed by atoms with van der Waals surface area (Å²) in [6.07, 6.45) is -3.00. The summed E-state index contributed by atoms with van der Waals surface area (Å²) in [6, 6.07) is 10.1. The van der Waals surface area contributed by atoms with Gasteiger partial charge in [0, 0.05) is 6.54 Å². The fraction of sp³-hybridized carbons (Fsp3) is 0.167. The van der Waals surface area contributed by atoms with Gasteiger partial charge in [-0.05, 0) is 29.8 Å². The summed E-state index contributed by atoms with van der Waals surface area (Å²) in [5, 5.41) is 12.4. The van der Waals surface area contributed by atoms with Crippen LogP contribution in [0.4, 0.5) is 19.0 Å². The van der Waals surface area contributed by atoms with Gasteiger partial charge in [-0.1, -0.05) is 12.1 Å². The van der Waals surface area contributed by atoms with Crippen LogP contribution in [-0.2, 0) is 12.7 Å². The molecule has 0 saturated carbocycles. The van der Waals surface area contributed by atoms with E-state index in [9.17, 15) is 18.4 Å². The first-order valence-electron chi connectivity index (χ1n) is 7.72. The molecule has 1 aromatic carbocycles.